The number of rotatable bonds is 8. The highest BCUT2D eigenvalue weighted by molar-refractivity contribution is 8.26. The van der Waals surface area contributed by atoms with Gasteiger partial charge in [0.05, 0.1) is 12.7 Å². The zero-order valence-electron chi connectivity index (χ0n) is 19.5. The quantitative estimate of drug-likeness (QED) is 0.432. The van der Waals surface area contributed by atoms with Crippen LogP contribution in [0, 0.1) is 19.3 Å². The number of nitrogens with zero attached hydrogens (tertiary/aromatic N) is 3. The molecule has 0 saturated heterocycles. The minimum Gasteiger partial charge on any atom is -0.493 e. The summed E-state index contributed by atoms with van der Waals surface area (Å²) in [5.41, 5.74) is 3.07. The first-order chi connectivity index (χ1) is 16.4. The molecule has 0 aliphatic carbocycles. The van der Waals surface area contributed by atoms with E-state index in [2.05, 4.69) is 10.1 Å². The van der Waals surface area contributed by atoms with E-state index in [0.717, 1.165) is 28.3 Å². The van der Waals surface area contributed by atoms with Crippen LogP contribution in [0.1, 0.15) is 30.0 Å². The summed E-state index contributed by atoms with van der Waals surface area (Å²) in [5, 5.41) is 15.5. The van der Waals surface area contributed by atoms with Gasteiger partial charge < -0.3 is 14.2 Å². The Morgan fingerprint density at radius 1 is 1.06 bits per heavy atom. The van der Waals surface area contributed by atoms with Crippen LogP contribution in [0.15, 0.2) is 52.1 Å². The molecule has 8 nitrogen and oxygen atoms in total. The van der Waals surface area contributed by atoms with Gasteiger partial charge in [0.15, 0.2) is 17.3 Å². The number of nitrogens with one attached hydrogen (secondary N) is 1. The Morgan fingerprint density at radius 2 is 1.82 bits per heavy atom. The van der Waals surface area contributed by atoms with E-state index in [1.165, 1.54) is 16.8 Å². The zero-order chi connectivity index (χ0) is 24.2. The first-order valence-electron chi connectivity index (χ1n) is 10.9. The number of ether oxygens (including phenoxy) is 3. The molecule has 1 amide bonds. The second-order valence-electron chi connectivity index (χ2n) is 7.74. The van der Waals surface area contributed by atoms with Gasteiger partial charge in [0.1, 0.15) is 24.0 Å². The maximum atomic E-state index is 12.5. The van der Waals surface area contributed by atoms with Crippen molar-refractivity contribution in [2.45, 2.75) is 27.2 Å². The Balaban J connectivity index is 1.44. The van der Waals surface area contributed by atoms with Crippen LogP contribution in [0.5, 0.6) is 17.2 Å². The van der Waals surface area contributed by atoms with Crippen molar-refractivity contribution >= 4 is 39.8 Å². The molecule has 1 N–H and O–H groups in total. The van der Waals surface area contributed by atoms with Crippen LogP contribution in [0.2, 0.25) is 0 Å². The lowest BCUT2D eigenvalue weighted by Crippen LogP contribution is -2.35. The van der Waals surface area contributed by atoms with Crippen LogP contribution in [-0.2, 0) is 4.79 Å². The molecule has 0 bridgehead atoms. The average Bonchev–Trinajstić information content (AvgIpc) is 3.25. The first kappa shape index (κ1) is 23.6. The van der Waals surface area contributed by atoms with Crippen molar-refractivity contribution in [3.63, 3.8) is 0 Å². The molecule has 0 spiro atoms. The molecule has 0 aromatic heterocycles. The number of hydrogen-bond acceptors (Lipinski definition) is 7. The van der Waals surface area contributed by atoms with Gasteiger partial charge in [-0.1, -0.05) is 25.1 Å². The van der Waals surface area contributed by atoms with Gasteiger partial charge in [0.25, 0.3) is 5.91 Å². The third-order valence-electron chi connectivity index (χ3n) is 5.24. The lowest BCUT2D eigenvalue weighted by Gasteiger charge is -2.20. The summed E-state index contributed by atoms with van der Waals surface area (Å²) in [6.45, 7) is 6.73. The third kappa shape index (κ3) is 4.99. The SMILES string of the molecule is CCC1=NN2C(=N)/C(=C/c3ccc(OCCOc4cc(C)ccc4C)c(OC)c3)C(=O)N=C2S1. The molecule has 0 atom stereocenters. The molecular weight excluding hydrogens is 452 g/mol. The van der Waals surface area contributed by atoms with Crippen LogP contribution < -0.4 is 14.2 Å². The number of hydrazone groups is 1. The molecule has 2 aromatic carbocycles. The zero-order valence-corrected chi connectivity index (χ0v) is 20.4. The molecule has 9 heteroatoms. The number of benzene rings is 2. The fourth-order valence-electron chi connectivity index (χ4n) is 3.40. The predicted octanol–water partition coefficient (Wildman–Crippen LogP) is 4.80. The van der Waals surface area contributed by atoms with Crippen molar-refractivity contribution in [1.82, 2.24) is 5.01 Å². The van der Waals surface area contributed by atoms with Crippen molar-refractivity contribution in [3.05, 3.63) is 58.7 Å². The topological polar surface area (TPSA) is 96.6 Å². The van der Waals surface area contributed by atoms with Crippen molar-refractivity contribution < 1.29 is 19.0 Å². The summed E-state index contributed by atoms with van der Waals surface area (Å²) in [6, 6.07) is 11.4. The van der Waals surface area contributed by atoms with Gasteiger partial charge in [-0.15, -0.1) is 0 Å². The van der Waals surface area contributed by atoms with Gasteiger partial charge in [-0.2, -0.15) is 15.1 Å². The molecule has 0 saturated carbocycles. The standard InChI is InChI=1S/C25H26N4O4S/c1-5-22-28-29-23(26)18(24(30)27-25(29)34-22)13-17-8-9-19(21(14-17)31-4)32-10-11-33-20-12-15(2)6-7-16(20)3/h6-9,12-14,26H,5,10-11H2,1-4H3/b18-13-,26-23?. The average molecular weight is 479 g/mol. The lowest BCUT2D eigenvalue weighted by molar-refractivity contribution is -0.114. The summed E-state index contributed by atoms with van der Waals surface area (Å²) < 4.78 is 17.2. The molecule has 0 radical (unpaired) electrons. The van der Waals surface area contributed by atoms with Crippen molar-refractivity contribution in [2.75, 3.05) is 20.3 Å². The number of aryl methyl sites for hydroxylation is 2. The van der Waals surface area contributed by atoms with E-state index in [0.29, 0.717) is 35.4 Å². The fourth-order valence-corrected chi connectivity index (χ4v) is 4.23. The van der Waals surface area contributed by atoms with Gasteiger partial charge in [0, 0.05) is 0 Å². The number of amidine groups is 2. The Labute approximate surface area is 202 Å². The molecule has 2 aromatic rings. The van der Waals surface area contributed by atoms with E-state index >= 15 is 0 Å². The molecule has 34 heavy (non-hydrogen) atoms. The number of thioether (sulfide) groups is 1. The third-order valence-corrected chi connectivity index (χ3v) is 6.29. The first-order valence-corrected chi connectivity index (χ1v) is 11.7. The van der Waals surface area contributed by atoms with Crippen molar-refractivity contribution in [1.29, 1.82) is 5.41 Å². The van der Waals surface area contributed by atoms with Gasteiger partial charge in [-0.25, -0.2) is 0 Å². The minimum absolute atomic E-state index is 0.00818. The number of fused-ring (bicyclic) bond motifs is 1. The van der Waals surface area contributed by atoms with Crippen molar-refractivity contribution in [2.24, 2.45) is 10.1 Å². The number of aliphatic imine (C=N–C) groups is 1. The predicted molar refractivity (Wildman–Crippen MR) is 135 cm³/mol. The maximum Gasteiger partial charge on any atom is 0.283 e. The monoisotopic (exact) mass is 478 g/mol. The molecule has 176 valence electrons. The van der Waals surface area contributed by atoms with Crippen LogP contribution in [-0.4, -0.2) is 47.3 Å². The minimum atomic E-state index is -0.459. The summed E-state index contributed by atoms with van der Waals surface area (Å²) in [6.07, 6.45) is 2.33. The molecular formula is C25H26N4O4S. The molecule has 2 heterocycles. The van der Waals surface area contributed by atoms with Gasteiger partial charge in [-0.05, 0) is 73.0 Å². The largest absolute Gasteiger partial charge is 0.493 e. The number of carbonyl (C=O) groups excluding carboxylic acids is 1. The Morgan fingerprint density at radius 3 is 2.56 bits per heavy atom. The Kier molecular flexibility index (Phi) is 7.02. The normalized spacial score (nSPS) is 16.4. The molecule has 0 fully saturated rings. The highest BCUT2D eigenvalue weighted by Gasteiger charge is 2.35. The molecule has 0 unspecified atom stereocenters. The fraction of sp³-hybridized carbons (Fsp3) is 0.280. The number of methoxy groups -OCH3 is 1. The summed E-state index contributed by atoms with van der Waals surface area (Å²) in [4.78, 5) is 16.6. The molecule has 2 aliphatic heterocycles. The Hall–Kier alpha value is -3.59. The number of hydrogen-bond donors (Lipinski definition) is 1. The maximum absolute atomic E-state index is 12.5. The van der Waals surface area contributed by atoms with Gasteiger partial charge in [0.2, 0.25) is 5.17 Å². The highest BCUT2D eigenvalue weighted by atomic mass is 32.2. The number of amides is 1. The smallest absolute Gasteiger partial charge is 0.283 e. The second kappa shape index (κ2) is 10.1. The molecule has 4 rings (SSSR count). The van der Waals surface area contributed by atoms with Crippen LogP contribution >= 0.6 is 11.8 Å². The summed E-state index contributed by atoms with van der Waals surface area (Å²) >= 11 is 1.32. The van der Waals surface area contributed by atoms with Crippen LogP contribution in [0.4, 0.5) is 0 Å². The lowest BCUT2D eigenvalue weighted by atomic mass is 10.1. The van der Waals surface area contributed by atoms with E-state index in [-0.39, 0.29) is 11.4 Å². The van der Waals surface area contributed by atoms with Gasteiger partial charge in [-0.3, -0.25) is 10.2 Å². The summed E-state index contributed by atoms with van der Waals surface area (Å²) in [7, 11) is 1.55. The van der Waals surface area contributed by atoms with E-state index in [9.17, 15) is 4.79 Å². The Bertz CT molecular complexity index is 1240. The second-order valence-corrected chi connectivity index (χ2v) is 8.78. The van der Waals surface area contributed by atoms with E-state index < -0.39 is 5.91 Å². The van der Waals surface area contributed by atoms with Crippen LogP contribution in [0.25, 0.3) is 6.08 Å². The van der Waals surface area contributed by atoms with E-state index in [1.54, 1.807) is 31.4 Å². The van der Waals surface area contributed by atoms with Crippen LogP contribution in [0.3, 0.4) is 0 Å². The summed E-state index contributed by atoms with van der Waals surface area (Å²) in [5.74, 6) is 1.47. The van der Waals surface area contributed by atoms with E-state index in [1.807, 2.05) is 39.0 Å². The highest BCUT2D eigenvalue weighted by Crippen LogP contribution is 2.32. The molecule has 2 aliphatic rings. The van der Waals surface area contributed by atoms with Crippen molar-refractivity contribution in [3.8, 4) is 17.2 Å². The van der Waals surface area contributed by atoms with E-state index in [4.69, 9.17) is 19.6 Å². The number of carbonyl (C=O) groups is 1. The van der Waals surface area contributed by atoms with Gasteiger partial charge >= 0.3 is 0 Å².